The Kier molecular flexibility index (Phi) is 6.01. The van der Waals surface area contributed by atoms with Crippen molar-refractivity contribution in [2.75, 3.05) is 7.05 Å². The van der Waals surface area contributed by atoms with Crippen LogP contribution in [-0.4, -0.2) is 33.4 Å². The Labute approximate surface area is 122 Å². The molecule has 0 unspecified atom stereocenters. The molecule has 0 aromatic heterocycles. The highest BCUT2D eigenvalue weighted by Crippen LogP contribution is 2.18. The van der Waals surface area contributed by atoms with Gasteiger partial charge in [0.2, 0.25) is 5.91 Å². The fourth-order valence-corrected chi connectivity index (χ4v) is 3.03. The normalized spacial score (nSPS) is 14.2. The molecule has 0 saturated carbocycles. The quantitative estimate of drug-likeness (QED) is 0.838. The fraction of sp³-hybridized carbons (Fsp3) is 0.500. The summed E-state index contributed by atoms with van der Waals surface area (Å²) in [7, 11) is 0.463. The summed E-state index contributed by atoms with van der Waals surface area (Å²) in [6, 6.07) is 7.39. The average molecular weight is 302 g/mol. The Hall–Kier alpha value is -0.870. The lowest BCUT2D eigenvalue weighted by atomic mass is 10.2. The van der Waals surface area contributed by atoms with Crippen LogP contribution in [0.4, 0.5) is 0 Å². The number of hydrogen-bond acceptors (Lipinski definition) is 2. The summed E-state index contributed by atoms with van der Waals surface area (Å²) >= 11 is 6.04. The third-order valence-electron chi connectivity index (χ3n) is 3.12. The van der Waals surface area contributed by atoms with Crippen molar-refractivity contribution < 1.29 is 9.00 Å². The van der Waals surface area contributed by atoms with Gasteiger partial charge in [-0.25, -0.2) is 0 Å². The highest BCUT2D eigenvalue weighted by molar-refractivity contribution is 7.85. The van der Waals surface area contributed by atoms with Crippen LogP contribution in [0.1, 0.15) is 26.3 Å². The molecular formula is C14H20ClNO2S. The average Bonchev–Trinajstić information content (AvgIpc) is 2.38. The van der Waals surface area contributed by atoms with E-state index < -0.39 is 16.0 Å². The summed E-state index contributed by atoms with van der Waals surface area (Å²) in [4.78, 5) is 13.7. The van der Waals surface area contributed by atoms with E-state index in [1.54, 1.807) is 24.9 Å². The first-order chi connectivity index (χ1) is 8.84. The molecule has 3 nitrogen and oxygen atoms in total. The second-order valence-corrected chi connectivity index (χ2v) is 6.97. The molecule has 1 amide bonds. The highest BCUT2D eigenvalue weighted by Gasteiger charge is 2.25. The van der Waals surface area contributed by atoms with Gasteiger partial charge in [-0.3, -0.25) is 9.00 Å². The number of carbonyl (C=O) groups excluding carboxylic acids is 1. The van der Waals surface area contributed by atoms with Crippen molar-refractivity contribution in [3.8, 4) is 0 Å². The van der Waals surface area contributed by atoms with Crippen LogP contribution in [0.2, 0.25) is 5.02 Å². The SMILES string of the molecule is CC(C)N(C)C(=O)[C@H](C)[S@](=O)Cc1ccccc1Cl. The molecule has 1 aromatic rings. The molecule has 0 aliphatic carbocycles. The van der Waals surface area contributed by atoms with Crippen LogP contribution < -0.4 is 0 Å². The zero-order valence-corrected chi connectivity index (χ0v) is 13.3. The Morgan fingerprint density at radius 3 is 2.42 bits per heavy atom. The third kappa shape index (κ3) is 4.32. The first kappa shape index (κ1) is 16.2. The van der Waals surface area contributed by atoms with Crippen LogP contribution >= 0.6 is 11.6 Å². The van der Waals surface area contributed by atoms with Gasteiger partial charge in [-0.1, -0.05) is 29.8 Å². The molecule has 0 fully saturated rings. The minimum atomic E-state index is -1.27. The van der Waals surface area contributed by atoms with Gasteiger partial charge in [-0.05, 0) is 32.4 Å². The third-order valence-corrected chi connectivity index (χ3v) is 5.07. The molecule has 0 bridgehead atoms. The first-order valence-corrected chi connectivity index (χ1v) is 7.97. The van der Waals surface area contributed by atoms with Crippen molar-refractivity contribution >= 4 is 28.3 Å². The lowest BCUT2D eigenvalue weighted by Gasteiger charge is -2.24. The Morgan fingerprint density at radius 1 is 1.32 bits per heavy atom. The van der Waals surface area contributed by atoms with Crippen molar-refractivity contribution in [3.63, 3.8) is 0 Å². The maximum atomic E-state index is 12.2. The van der Waals surface area contributed by atoms with E-state index in [1.807, 2.05) is 32.0 Å². The standard InChI is InChI=1S/C14H20ClNO2S/c1-10(2)16(4)14(17)11(3)19(18)9-12-7-5-6-8-13(12)15/h5-8,10-11H,9H2,1-4H3/t11-,19+/m0/s1. The molecule has 106 valence electrons. The molecule has 2 atom stereocenters. The summed E-state index contributed by atoms with van der Waals surface area (Å²) < 4.78 is 12.2. The number of rotatable bonds is 5. The maximum Gasteiger partial charge on any atom is 0.238 e. The summed E-state index contributed by atoms with van der Waals surface area (Å²) in [6.45, 7) is 5.57. The topological polar surface area (TPSA) is 37.4 Å². The smallest absolute Gasteiger partial charge is 0.238 e. The van der Waals surface area contributed by atoms with Gasteiger partial charge in [0, 0.05) is 28.9 Å². The van der Waals surface area contributed by atoms with Crippen molar-refractivity contribution in [2.24, 2.45) is 0 Å². The molecule has 0 radical (unpaired) electrons. The predicted molar refractivity (Wildman–Crippen MR) is 80.7 cm³/mol. The lowest BCUT2D eigenvalue weighted by molar-refractivity contribution is -0.130. The van der Waals surface area contributed by atoms with E-state index in [9.17, 15) is 9.00 Å². The minimum Gasteiger partial charge on any atom is -0.342 e. The van der Waals surface area contributed by atoms with Crippen molar-refractivity contribution in [1.29, 1.82) is 0 Å². The highest BCUT2D eigenvalue weighted by atomic mass is 35.5. The largest absolute Gasteiger partial charge is 0.342 e. The Balaban J connectivity index is 2.73. The summed E-state index contributed by atoms with van der Waals surface area (Å²) in [6.07, 6.45) is 0. The van der Waals surface area contributed by atoms with E-state index in [0.29, 0.717) is 10.8 Å². The second-order valence-electron chi connectivity index (χ2n) is 4.80. The fourth-order valence-electron chi connectivity index (χ4n) is 1.55. The van der Waals surface area contributed by atoms with Crippen LogP contribution in [0.15, 0.2) is 24.3 Å². The minimum absolute atomic E-state index is 0.0969. The number of hydrogen-bond donors (Lipinski definition) is 0. The summed E-state index contributed by atoms with van der Waals surface area (Å²) in [5.74, 6) is 0.207. The van der Waals surface area contributed by atoms with Crippen LogP contribution in [0, 0.1) is 0 Å². The van der Waals surface area contributed by atoms with Crippen molar-refractivity contribution in [2.45, 2.75) is 37.8 Å². The van der Waals surface area contributed by atoms with Gasteiger partial charge in [-0.2, -0.15) is 0 Å². The van der Waals surface area contributed by atoms with Crippen LogP contribution in [0.25, 0.3) is 0 Å². The van der Waals surface area contributed by atoms with E-state index in [1.165, 1.54) is 0 Å². The van der Waals surface area contributed by atoms with Gasteiger partial charge in [0.25, 0.3) is 0 Å². The van der Waals surface area contributed by atoms with Crippen LogP contribution in [0.5, 0.6) is 0 Å². The molecule has 0 heterocycles. The first-order valence-electron chi connectivity index (χ1n) is 6.21. The molecule has 0 aliphatic rings. The molecule has 5 heteroatoms. The molecule has 0 aliphatic heterocycles. The van der Waals surface area contributed by atoms with Gasteiger partial charge in [0.05, 0.1) is 5.75 Å². The van der Waals surface area contributed by atoms with E-state index in [-0.39, 0.29) is 11.9 Å². The maximum absolute atomic E-state index is 12.2. The van der Waals surface area contributed by atoms with Gasteiger partial charge in [0.15, 0.2) is 0 Å². The van der Waals surface area contributed by atoms with Crippen LogP contribution in [-0.2, 0) is 21.3 Å². The summed E-state index contributed by atoms with van der Waals surface area (Å²) in [5.41, 5.74) is 0.814. The van der Waals surface area contributed by atoms with Gasteiger partial charge >= 0.3 is 0 Å². The number of benzene rings is 1. The number of nitrogens with zero attached hydrogens (tertiary/aromatic N) is 1. The van der Waals surface area contributed by atoms with Gasteiger partial charge < -0.3 is 4.90 Å². The van der Waals surface area contributed by atoms with E-state index >= 15 is 0 Å². The molecule has 0 N–H and O–H groups in total. The van der Waals surface area contributed by atoms with Crippen LogP contribution in [0.3, 0.4) is 0 Å². The molecule has 0 saturated heterocycles. The zero-order chi connectivity index (χ0) is 14.6. The summed E-state index contributed by atoms with van der Waals surface area (Å²) in [5, 5.41) is 0.0661. The molecule has 0 spiro atoms. The number of halogens is 1. The molecule has 1 rings (SSSR count). The molecule has 1 aromatic carbocycles. The van der Waals surface area contributed by atoms with Crippen molar-refractivity contribution in [3.05, 3.63) is 34.9 Å². The van der Waals surface area contributed by atoms with Gasteiger partial charge in [0.1, 0.15) is 5.25 Å². The Morgan fingerprint density at radius 2 is 1.89 bits per heavy atom. The second kappa shape index (κ2) is 7.06. The number of amides is 1. The predicted octanol–water partition coefficient (Wildman–Crippen LogP) is 2.84. The van der Waals surface area contributed by atoms with E-state index in [2.05, 4.69) is 0 Å². The van der Waals surface area contributed by atoms with E-state index in [4.69, 9.17) is 11.6 Å². The lowest BCUT2D eigenvalue weighted by Crippen LogP contribution is -2.41. The monoisotopic (exact) mass is 301 g/mol. The van der Waals surface area contributed by atoms with E-state index in [0.717, 1.165) is 5.56 Å². The van der Waals surface area contributed by atoms with Crippen molar-refractivity contribution in [1.82, 2.24) is 4.90 Å². The number of carbonyl (C=O) groups is 1. The zero-order valence-electron chi connectivity index (χ0n) is 11.7. The molecular weight excluding hydrogens is 282 g/mol. The Bertz CT molecular complexity index is 476. The van der Waals surface area contributed by atoms with Gasteiger partial charge in [-0.15, -0.1) is 0 Å². The molecule has 19 heavy (non-hydrogen) atoms.